The van der Waals surface area contributed by atoms with Gasteiger partial charge in [-0.05, 0) is 82.0 Å². The van der Waals surface area contributed by atoms with E-state index in [0.29, 0.717) is 12.1 Å². The van der Waals surface area contributed by atoms with Gasteiger partial charge in [-0.2, -0.15) is 0 Å². The molecule has 0 spiro atoms. The first-order valence-corrected chi connectivity index (χ1v) is 10.00. The minimum atomic E-state index is -0.501. The second-order valence-corrected chi connectivity index (χ2v) is 8.82. The Morgan fingerprint density at radius 1 is 1.07 bits per heavy atom. The molecule has 1 saturated heterocycles. The maximum absolute atomic E-state index is 12.0. The third-order valence-electron chi connectivity index (χ3n) is 5.29. The number of anilines is 1. The van der Waals surface area contributed by atoms with Crippen molar-refractivity contribution in [3.8, 4) is 0 Å². The molecule has 146 valence electrons. The minimum Gasteiger partial charge on any atom is -0.444 e. The number of benzene rings is 2. The summed E-state index contributed by atoms with van der Waals surface area (Å²) in [5, 5.41) is 5.12. The molecule has 0 radical (unpaired) electrons. The Bertz CT molecular complexity index is 800. The smallest absolute Gasteiger partial charge is 0.412 e. The first-order chi connectivity index (χ1) is 12.7. The summed E-state index contributed by atoms with van der Waals surface area (Å²) in [5.41, 5.74) is 1.59. The highest BCUT2D eigenvalue weighted by Crippen LogP contribution is 2.27. The Balaban J connectivity index is 1.72. The highest BCUT2D eigenvalue weighted by molar-refractivity contribution is 5.91. The van der Waals surface area contributed by atoms with E-state index < -0.39 is 11.7 Å². The molecule has 4 heteroatoms. The van der Waals surface area contributed by atoms with Crippen molar-refractivity contribution in [2.75, 3.05) is 5.32 Å². The zero-order valence-electron chi connectivity index (χ0n) is 17.2. The Labute approximate surface area is 162 Å². The summed E-state index contributed by atoms with van der Waals surface area (Å²) in [6.07, 6.45) is 3.49. The average molecular weight is 369 g/mol. The lowest BCUT2D eigenvalue weighted by molar-refractivity contribution is 0.0636. The van der Waals surface area contributed by atoms with Crippen LogP contribution in [0.3, 0.4) is 0 Å². The molecule has 1 heterocycles. The number of ether oxygens (including phenoxy) is 1. The van der Waals surface area contributed by atoms with E-state index in [0.717, 1.165) is 17.6 Å². The van der Waals surface area contributed by atoms with E-state index in [1.54, 1.807) is 0 Å². The van der Waals surface area contributed by atoms with Crippen molar-refractivity contribution in [3.63, 3.8) is 0 Å². The molecule has 2 unspecified atom stereocenters. The summed E-state index contributed by atoms with van der Waals surface area (Å²) < 4.78 is 5.32. The highest BCUT2D eigenvalue weighted by Gasteiger charge is 2.24. The van der Waals surface area contributed by atoms with E-state index >= 15 is 0 Å². The molecule has 0 bridgehead atoms. The molecule has 2 atom stereocenters. The van der Waals surface area contributed by atoms with Crippen LogP contribution in [0.2, 0.25) is 0 Å². The molecule has 1 aliphatic heterocycles. The number of nitrogens with zero attached hydrogens (tertiary/aromatic N) is 1. The summed E-state index contributed by atoms with van der Waals surface area (Å²) in [5.74, 6) is 0. The molecule has 1 N–H and O–H groups in total. The minimum absolute atomic E-state index is 0.424. The lowest BCUT2D eigenvalue weighted by atomic mass is 9.96. The topological polar surface area (TPSA) is 41.6 Å². The van der Waals surface area contributed by atoms with Gasteiger partial charge in [-0.15, -0.1) is 0 Å². The highest BCUT2D eigenvalue weighted by atomic mass is 16.6. The largest absolute Gasteiger partial charge is 0.444 e. The molecule has 2 aromatic carbocycles. The number of nitrogens with one attached hydrogen (secondary N) is 1. The second kappa shape index (κ2) is 7.89. The van der Waals surface area contributed by atoms with Gasteiger partial charge >= 0.3 is 6.09 Å². The average Bonchev–Trinajstić information content (AvgIpc) is 2.56. The first kappa shape index (κ1) is 19.7. The number of rotatable bonds is 3. The number of hydrogen-bond acceptors (Lipinski definition) is 3. The van der Waals surface area contributed by atoms with Crippen LogP contribution in [0, 0.1) is 0 Å². The van der Waals surface area contributed by atoms with Gasteiger partial charge in [0.05, 0.1) is 0 Å². The Morgan fingerprint density at radius 3 is 2.37 bits per heavy atom. The normalized spacial score (nSPS) is 21.2. The van der Waals surface area contributed by atoms with Gasteiger partial charge in [0, 0.05) is 24.3 Å². The maximum Gasteiger partial charge on any atom is 0.412 e. The number of likely N-dealkylation sites (tertiary alicyclic amines) is 1. The molecule has 2 aromatic rings. The van der Waals surface area contributed by atoms with Crippen LogP contribution in [0.5, 0.6) is 0 Å². The number of fused-ring (bicyclic) bond motifs is 1. The summed E-state index contributed by atoms with van der Waals surface area (Å²) in [7, 11) is 0. The van der Waals surface area contributed by atoms with Gasteiger partial charge in [0.1, 0.15) is 5.60 Å². The van der Waals surface area contributed by atoms with E-state index in [9.17, 15) is 4.79 Å². The van der Waals surface area contributed by atoms with E-state index in [2.05, 4.69) is 48.3 Å². The number of amides is 1. The third-order valence-corrected chi connectivity index (χ3v) is 5.29. The quantitative estimate of drug-likeness (QED) is 0.728. The summed E-state index contributed by atoms with van der Waals surface area (Å²) in [6.45, 7) is 11.3. The van der Waals surface area contributed by atoms with Gasteiger partial charge in [0.15, 0.2) is 0 Å². The first-order valence-electron chi connectivity index (χ1n) is 10.00. The van der Waals surface area contributed by atoms with Crippen molar-refractivity contribution < 1.29 is 9.53 Å². The molecule has 4 nitrogen and oxygen atoms in total. The Kier molecular flexibility index (Phi) is 5.75. The van der Waals surface area contributed by atoms with Gasteiger partial charge in [-0.3, -0.25) is 10.2 Å². The summed E-state index contributed by atoms with van der Waals surface area (Å²) >= 11 is 0. The fourth-order valence-electron chi connectivity index (χ4n) is 3.89. The Hall–Kier alpha value is -2.07. The molecule has 3 rings (SSSR count). The van der Waals surface area contributed by atoms with Crippen molar-refractivity contribution in [2.45, 2.75) is 78.1 Å². The lowest BCUT2D eigenvalue weighted by Gasteiger charge is -2.39. The van der Waals surface area contributed by atoms with Crippen molar-refractivity contribution in [1.82, 2.24) is 4.90 Å². The fraction of sp³-hybridized carbons (Fsp3) is 0.522. The van der Waals surface area contributed by atoms with E-state index in [1.165, 1.54) is 30.2 Å². The maximum atomic E-state index is 12.0. The van der Waals surface area contributed by atoms with Crippen LogP contribution in [0.1, 0.15) is 59.4 Å². The van der Waals surface area contributed by atoms with Gasteiger partial charge in [-0.25, -0.2) is 4.79 Å². The molecule has 1 fully saturated rings. The zero-order valence-corrected chi connectivity index (χ0v) is 17.2. The van der Waals surface area contributed by atoms with Crippen LogP contribution in [0.15, 0.2) is 36.4 Å². The predicted octanol–water partition coefficient (Wildman–Crippen LogP) is 5.95. The van der Waals surface area contributed by atoms with Crippen LogP contribution >= 0.6 is 0 Å². The predicted molar refractivity (Wildman–Crippen MR) is 112 cm³/mol. The second-order valence-electron chi connectivity index (χ2n) is 8.82. The van der Waals surface area contributed by atoms with Crippen molar-refractivity contribution >= 4 is 22.6 Å². The van der Waals surface area contributed by atoms with E-state index in [1.807, 2.05) is 32.9 Å². The molecule has 0 saturated carbocycles. The number of carbonyl (C=O) groups is 1. The monoisotopic (exact) mass is 368 g/mol. The molecule has 0 aliphatic carbocycles. The van der Waals surface area contributed by atoms with Gasteiger partial charge < -0.3 is 4.74 Å². The van der Waals surface area contributed by atoms with Crippen molar-refractivity contribution in [1.29, 1.82) is 0 Å². The van der Waals surface area contributed by atoms with Gasteiger partial charge in [0.2, 0.25) is 0 Å². The molecule has 1 amide bonds. The standard InChI is InChI=1S/C23H32N2O2/c1-16-7-6-8-17(2)25(16)15-18-9-10-20-14-21(12-11-19(20)13-18)24-22(26)27-23(3,4)5/h9-14,16-17H,6-8,15H2,1-5H3,(H,24,26). The molecular formula is C23H32N2O2. The van der Waals surface area contributed by atoms with Gasteiger partial charge in [0.25, 0.3) is 0 Å². The van der Waals surface area contributed by atoms with Crippen molar-refractivity contribution in [2.24, 2.45) is 0 Å². The summed E-state index contributed by atoms with van der Waals surface area (Å²) in [6, 6.07) is 13.9. The SMILES string of the molecule is CC1CCCC(C)N1Cc1ccc2cc(NC(=O)OC(C)(C)C)ccc2c1. The van der Waals surface area contributed by atoms with Crippen LogP contribution in [0.25, 0.3) is 10.8 Å². The zero-order chi connectivity index (χ0) is 19.6. The van der Waals surface area contributed by atoms with Crippen LogP contribution < -0.4 is 5.32 Å². The molecule has 27 heavy (non-hydrogen) atoms. The fourth-order valence-corrected chi connectivity index (χ4v) is 3.89. The Morgan fingerprint density at radius 2 is 1.70 bits per heavy atom. The third kappa shape index (κ3) is 5.23. The molecular weight excluding hydrogens is 336 g/mol. The molecule has 0 aromatic heterocycles. The molecule has 1 aliphatic rings. The van der Waals surface area contributed by atoms with Gasteiger partial charge in [-0.1, -0.05) is 24.6 Å². The lowest BCUT2D eigenvalue weighted by Crippen LogP contribution is -2.42. The van der Waals surface area contributed by atoms with Crippen LogP contribution in [-0.4, -0.2) is 28.7 Å². The van der Waals surface area contributed by atoms with E-state index in [4.69, 9.17) is 4.74 Å². The van der Waals surface area contributed by atoms with Crippen molar-refractivity contribution in [3.05, 3.63) is 42.0 Å². The number of hydrogen-bond donors (Lipinski definition) is 1. The van der Waals surface area contributed by atoms with E-state index in [-0.39, 0.29) is 0 Å². The summed E-state index contributed by atoms with van der Waals surface area (Å²) in [4.78, 5) is 14.6. The number of carbonyl (C=O) groups excluding carboxylic acids is 1. The van der Waals surface area contributed by atoms with Crippen LogP contribution in [-0.2, 0) is 11.3 Å². The van der Waals surface area contributed by atoms with Crippen LogP contribution in [0.4, 0.5) is 10.5 Å². The number of piperidine rings is 1.